The first kappa shape index (κ1) is 15.8. The smallest absolute Gasteiger partial charge is 0.257 e. The zero-order valence-electron chi connectivity index (χ0n) is 11.6. The van der Waals surface area contributed by atoms with Crippen molar-refractivity contribution in [2.75, 3.05) is 6.54 Å². The summed E-state index contributed by atoms with van der Waals surface area (Å²) in [7, 11) is 0. The zero-order valence-corrected chi connectivity index (χ0v) is 11.6. The van der Waals surface area contributed by atoms with E-state index in [9.17, 15) is 23.1 Å². The van der Waals surface area contributed by atoms with Gasteiger partial charge in [-0.15, -0.1) is 0 Å². The summed E-state index contributed by atoms with van der Waals surface area (Å²) in [5, 5.41) is 12.7. The van der Waals surface area contributed by atoms with Crippen molar-refractivity contribution in [3.8, 4) is 0 Å². The number of aliphatic hydroxyl groups is 1. The van der Waals surface area contributed by atoms with Gasteiger partial charge < -0.3 is 10.4 Å². The lowest BCUT2D eigenvalue weighted by molar-refractivity contribution is 0.0245. The number of hydrogen-bond acceptors (Lipinski definition) is 2. The molecule has 1 aromatic carbocycles. The highest BCUT2D eigenvalue weighted by Gasteiger charge is 2.29. The lowest BCUT2D eigenvalue weighted by Crippen LogP contribution is -2.43. The minimum absolute atomic E-state index is 0.0674. The SMILES string of the molecule is O=C(NCC1(O)CCCCCC1)c1c(F)cc(F)cc1F. The highest BCUT2D eigenvalue weighted by Crippen LogP contribution is 2.26. The van der Waals surface area contributed by atoms with Crippen LogP contribution in [0.2, 0.25) is 0 Å². The number of halogens is 3. The van der Waals surface area contributed by atoms with Crippen molar-refractivity contribution in [1.82, 2.24) is 5.32 Å². The van der Waals surface area contributed by atoms with Crippen molar-refractivity contribution in [1.29, 1.82) is 0 Å². The minimum atomic E-state index is -1.25. The first-order valence-electron chi connectivity index (χ1n) is 7.06. The molecule has 0 bridgehead atoms. The van der Waals surface area contributed by atoms with Gasteiger partial charge in [-0.05, 0) is 12.8 Å². The molecule has 0 radical (unpaired) electrons. The summed E-state index contributed by atoms with van der Waals surface area (Å²) in [4.78, 5) is 11.8. The standard InChI is InChI=1S/C15H18F3NO2/c16-10-7-11(17)13(12(18)8-10)14(20)19-9-15(21)5-3-1-2-4-6-15/h7-8,21H,1-6,9H2,(H,19,20). The summed E-state index contributed by atoms with van der Waals surface area (Å²) in [6.45, 7) is -0.0674. The summed E-state index contributed by atoms with van der Waals surface area (Å²) in [6.07, 6.45) is 4.84. The van der Waals surface area contributed by atoms with E-state index in [1.165, 1.54) is 0 Å². The van der Waals surface area contributed by atoms with E-state index in [1.54, 1.807) is 0 Å². The number of benzene rings is 1. The Hall–Kier alpha value is -1.56. The number of nitrogens with one attached hydrogen (secondary N) is 1. The van der Waals surface area contributed by atoms with E-state index in [4.69, 9.17) is 0 Å². The Morgan fingerprint density at radius 3 is 2.14 bits per heavy atom. The van der Waals surface area contributed by atoms with Gasteiger partial charge in [0.25, 0.3) is 5.91 Å². The molecule has 0 unspecified atom stereocenters. The third-order valence-electron chi connectivity index (χ3n) is 3.85. The Bertz CT molecular complexity index is 503. The number of hydrogen-bond donors (Lipinski definition) is 2. The predicted molar refractivity (Wildman–Crippen MR) is 71.3 cm³/mol. The quantitative estimate of drug-likeness (QED) is 0.843. The van der Waals surface area contributed by atoms with Crippen LogP contribution in [0.15, 0.2) is 12.1 Å². The van der Waals surface area contributed by atoms with Gasteiger partial charge in [0, 0.05) is 18.7 Å². The largest absolute Gasteiger partial charge is 0.388 e. The summed E-state index contributed by atoms with van der Waals surface area (Å²) < 4.78 is 39.8. The van der Waals surface area contributed by atoms with E-state index in [0.29, 0.717) is 25.0 Å². The van der Waals surface area contributed by atoms with Crippen LogP contribution in [-0.4, -0.2) is 23.2 Å². The zero-order chi connectivity index (χ0) is 15.5. The molecule has 2 N–H and O–H groups in total. The van der Waals surface area contributed by atoms with Gasteiger partial charge in [0.1, 0.15) is 23.0 Å². The second-order valence-corrected chi connectivity index (χ2v) is 5.57. The van der Waals surface area contributed by atoms with Crippen molar-refractivity contribution in [3.05, 3.63) is 35.1 Å². The Labute approximate surface area is 121 Å². The summed E-state index contributed by atoms with van der Waals surface area (Å²) in [5.74, 6) is -4.57. The number of carbonyl (C=O) groups excluding carboxylic acids is 1. The van der Waals surface area contributed by atoms with E-state index in [0.717, 1.165) is 25.7 Å². The van der Waals surface area contributed by atoms with Crippen LogP contribution in [0.4, 0.5) is 13.2 Å². The van der Waals surface area contributed by atoms with Gasteiger partial charge in [0.15, 0.2) is 0 Å². The average Bonchev–Trinajstić information content (AvgIpc) is 2.61. The van der Waals surface area contributed by atoms with Gasteiger partial charge in [0.2, 0.25) is 0 Å². The van der Waals surface area contributed by atoms with E-state index in [2.05, 4.69) is 5.32 Å². The molecule has 0 saturated heterocycles. The molecule has 0 heterocycles. The van der Waals surface area contributed by atoms with Gasteiger partial charge in [-0.1, -0.05) is 25.7 Å². The van der Waals surface area contributed by atoms with Gasteiger partial charge in [0.05, 0.1) is 5.60 Å². The lowest BCUT2D eigenvalue weighted by atomic mass is 9.94. The average molecular weight is 301 g/mol. The Kier molecular flexibility index (Phi) is 4.88. The van der Waals surface area contributed by atoms with Crippen LogP contribution in [0.1, 0.15) is 48.9 Å². The molecule has 0 aromatic heterocycles. The maximum atomic E-state index is 13.5. The monoisotopic (exact) mass is 301 g/mol. The van der Waals surface area contributed by atoms with Crippen molar-refractivity contribution in [2.24, 2.45) is 0 Å². The summed E-state index contributed by atoms with van der Waals surface area (Å²) >= 11 is 0. The molecule has 1 saturated carbocycles. The second kappa shape index (κ2) is 6.47. The van der Waals surface area contributed by atoms with Crippen molar-refractivity contribution in [3.63, 3.8) is 0 Å². The summed E-state index contributed by atoms with van der Waals surface area (Å²) in [5.41, 5.74) is -1.87. The maximum absolute atomic E-state index is 13.5. The van der Waals surface area contributed by atoms with Crippen LogP contribution >= 0.6 is 0 Å². The molecule has 1 aliphatic carbocycles. The molecule has 21 heavy (non-hydrogen) atoms. The van der Waals surface area contributed by atoms with Gasteiger partial charge in [-0.3, -0.25) is 4.79 Å². The number of rotatable bonds is 3. The van der Waals surface area contributed by atoms with Crippen LogP contribution < -0.4 is 5.32 Å². The highest BCUT2D eigenvalue weighted by molar-refractivity contribution is 5.94. The van der Waals surface area contributed by atoms with Gasteiger partial charge in [-0.2, -0.15) is 0 Å². The van der Waals surface area contributed by atoms with Crippen molar-refractivity contribution in [2.45, 2.75) is 44.1 Å². The Morgan fingerprint density at radius 1 is 1.10 bits per heavy atom. The van der Waals surface area contributed by atoms with Crippen LogP contribution in [0.25, 0.3) is 0 Å². The number of amides is 1. The first-order valence-corrected chi connectivity index (χ1v) is 7.06. The molecule has 0 spiro atoms. The molecule has 116 valence electrons. The third-order valence-corrected chi connectivity index (χ3v) is 3.85. The molecule has 6 heteroatoms. The Balaban J connectivity index is 2.05. The number of carbonyl (C=O) groups is 1. The third kappa shape index (κ3) is 3.97. The highest BCUT2D eigenvalue weighted by atomic mass is 19.1. The molecular weight excluding hydrogens is 283 g/mol. The van der Waals surface area contributed by atoms with E-state index < -0.39 is 34.5 Å². The summed E-state index contributed by atoms with van der Waals surface area (Å²) in [6, 6.07) is 0.913. The minimum Gasteiger partial charge on any atom is -0.388 e. The molecular formula is C15H18F3NO2. The molecule has 1 aromatic rings. The lowest BCUT2D eigenvalue weighted by Gasteiger charge is -2.26. The molecule has 0 aliphatic heterocycles. The normalized spacial score (nSPS) is 18.1. The van der Waals surface area contributed by atoms with Crippen molar-refractivity contribution < 1.29 is 23.1 Å². The van der Waals surface area contributed by atoms with Crippen LogP contribution in [0, 0.1) is 17.5 Å². The van der Waals surface area contributed by atoms with Gasteiger partial charge in [-0.25, -0.2) is 13.2 Å². The van der Waals surface area contributed by atoms with E-state index >= 15 is 0 Å². The van der Waals surface area contributed by atoms with Crippen molar-refractivity contribution >= 4 is 5.91 Å². The van der Waals surface area contributed by atoms with E-state index in [1.807, 2.05) is 0 Å². The fraction of sp³-hybridized carbons (Fsp3) is 0.533. The predicted octanol–water partition coefficient (Wildman–Crippen LogP) is 2.92. The van der Waals surface area contributed by atoms with Gasteiger partial charge >= 0.3 is 0 Å². The maximum Gasteiger partial charge on any atom is 0.257 e. The molecule has 2 rings (SSSR count). The molecule has 3 nitrogen and oxygen atoms in total. The van der Waals surface area contributed by atoms with Crippen LogP contribution in [-0.2, 0) is 0 Å². The van der Waals surface area contributed by atoms with Crippen LogP contribution in [0.3, 0.4) is 0 Å². The first-order chi connectivity index (χ1) is 9.91. The Morgan fingerprint density at radius 2 is 1.62 bits per heavy atom. The molecule has 1 fully saturated rings. The van der Waals surface area contributed by atoms with E-state index in [-0.39, 0.29) is 6.54 Å². The second-order valence-electron chi connectivity index (χ2n) is 5.57. The topological polar surface area (TPSA) is 49.3 Å². The fourth-order valence-electron chi connectivity index (χ4n) is 2.66. The molecule has 1 amide bonds. The van der Waals surface area contributed by atoms with Crippen LogP contribution in [0.5, 0.6) is 0 Å². The molecule has 1 aliphatic rings. The fourth-order valence-corrected chi connectivity index (χ4v) is 2.66. The molecule has 0 atom stereocenters.